The van der Waals surface area contributed by atoms with Crippen LogP contribution in [0.3, 0.4) is 0 Å². The van der Waals surface area contributed by atoms with Crippen molar-refractivity contribution in [3.8, 4) is 0 Å². The van der Waals surface area contributed by atoms with Gasteiger partial charge in [0.2, 0.25) is 5.91 Å². The highest BCUT2D eigenvalue weighted by Crippen LogP contribution is 2.25. The maximum absolute atomic E-state index is 13.0. The number of anilines is 2. The molecule has 5 nitrogen and oxygen atoms in total. The molecule has 2 fully saturated rings. The molecule has 2 saturated heterocycles. The van der Waals surface area contributed by atoms with Gasteiger partial charge in [-0.05, 0) is 42.5 Å². The first-order valence-electron chi connectivity index (χ1n) is 9.00. The molecular weight excluding hydrogens is 430 g/mol. The van der Waals surface area contributed by atoms with Crippen LogP contribution >= 0.6 is 27.5 Å². The van der Waals surface area contributed by atoms with Crippen molar-refractivity contribution in [1.82, 2.24) is 0 Å². The first-order chi connectivity index (χ1) is 13.0. The Labute approximate surface area is 171 Å². The number of rotatable bonds is 3. The summed E-state index contributed by atoms with van der Waals surface area (Å²) in [5, 5.41) is 0.728. The van der Waals surface area contributed by atoms with Gasteiger partial charge in [0.05, 0.1) is 38.3 Å². The second-order valence-electron chi connectivity index (χ2n) is 6.93. The molecular formula is C20H20BrClN3O2+. The van der Waals surface area contributed by atoms with Gasteiger partial charge in [-0.25, -0.2) is 4.90 Å². The maximum atomic E-state index is 13.0. The molecule has 2 aliphatic heterocycles. The van der Waals surface area contributed by atoms with Gasteiger partial charge in [0.15, 0.2) is 6.04 Å². The monoisotopic (exact) mass is 448 g/mol. The normalized spacial score (nSPS) is 21.2. The molecule has 0 bridgehead atoms. The summed E-state index contributed by atoms with van der Waals surface area (Å²) in [6.45, 7) is 3.37. The quantitative estimate of drug-likeness (QED) is 0.730. The number of carbonyl (C=O) groups is 2. The van der Waals surface area contributed by atoms with Gasteiger partial charge in [0.25, 0.3) is 5.91 Å². The Morgan fingerprint density at radius 3 is 2.37 bits per heavy atom. The summed E-state index contributed by atoms with van der Waals surface area (Å²) in [6, 6.07) is 14.9. The molecule has 2 amide bonds. The summed E-state index contributed by atoms with van der Waals surface area (Å²) in [5.74, 6) is -0.205. The number of hydrogen-bond acceptors (Lipinski definition) is 3. The molecule has 0 unspecified atom stereocenters. The molecule has 7 heteroatoms. The van der Waals surface area contributed by atoms with Crippen LogP contribution < -0.4 is 14.7 Å². The minimum atomic E-state index is -0.288. The zero-order chi connectivity index (χ0) is 19.0. The van der Waals surface area contributed by atoms with E-state index >= 15 is 0 Å². The molecule has 140 valence electrons. The first kappa shape index (κ1) is 18.5. The van der Waals surface area contributed by atoms with Crippen LogP contribution in [-0.2, 0) is 9.59 Å². The summed E-state index contributed by atoms with van der Waals surface area (Å²) < 4.78 is 0.855. The molecule has 0 spiro atoms. The summed E-state index contributed by atoms with van der Waals surface area (Å²) in [7, 11) is 0. The lowest BCUT2D eigenvalue weighted by Crippen LogP contribution is -3.19. The number of benzene rings is 2. The molecule has 2 heterocycles. The number of nitrogens with one attached hydrogen (secondary N) is 1. The van der Waals surface area contributed by atoms with Crippen LogP contribution in [0.15, 0.2) is 53.0 Å². The number of imide groups is 1. The minimum Gasteiger partial charge on any atom is -0.360 e. The molecule has 2 aromatic carbocycles. The van der Waals surface area contributed by atoms with E-state index in [0.29, 0.717) is 5.69 Å². The number of quaternary nitrogens is 1. The predicted molar refractivity (Wildman–Crippen MR) is 109 cm³/mol. The van der Waals surface area contributed by atoms with E-state index in [1.54, 1.807) is 6.07 Å². The molecule has 1 N–H and O–H groups in total. The van der Waals surface area contributed by atoms with Gasteiger partial charge < -0.3 is 9.80 Å². The molecule has 2 aliphatic rings. The van der Waals surface area contributed by atoms with Crippen LogP contribution in [0.4, 0.5) is 11.4 Å². The smallest absolute Gasteiger partial charge is 0.292 e. The fraction of sp³-hybridized carbons (Fsp3) is 0.300. The highest BCUT2D eigenvalue weighted by molar-refractivity contribution is 9.10. The van der Waals surface area contributed by atoms with Crippen LogP contribution in [0.1, 0.15) is 6.42 Å². The van der Waals surface area contributed by atoms with Crippen LogP contribution in [0.2, 0.25) is 5.02 Å². The van der Waals surface area contributed by atoms with Gasteiger partial charge in [-0.1, -0.05) is 33.6 Å². The zero-order valence-electron chi connectivity index (χ0n) is 14.7. The van der Waals surface area contributed by atoms with Crippen molar-refractivity contribution in [2.45, 2.75) is 12.5 Å². The summed E-state index contributed by atoms with van der Waals surface area (Å²) in [6.07, 6.45) is 0.279. The van der Waals surface area contributed by atoms with Crippen molar-refractivity contribution in [3.63, 3.8) is 0 Å². The molecule has 0 aromatic heterocycles. The average Bonchev–Trinajstić information content (AvgIpc) is 2.97. The van der Waals surface area contributed by atoms with E-state index in [9.17, 15) is 9.59 Å². The van der Waals surface area contributed by atoms with Crippen molar-refractivity contribution in [2.75, 3.05) is 36.0 Å². The number of nitrogens with zero attached hydrogens (tertiary/aromatic N) is 2. The van der Waals surface area contributed by atoms with Crippen molar-refractivity contribution in [1.29, 1.82) is 0 Å². The third-order valence-corrected chi connectivity index (χ3v) is 6.05. The van der Waals surface area contributed by atoms with Crippen molar-refractivity contribution < 1.29 is 14.5 Å². The molecule has 1 atom stereocenters. The molecule has 2 aromatic rings. The first-order valence-corrected chi connectivity index (χ1v) is 10.2. The van der Waals surface area contributed by atoms with Crippen LogP contribution in [0.25, 0.3) is 0 Å². The number of amides is 2. The van der Waals surface area contributed by atoms with Crippen molar-refractivity contribution in [2.24, 2.45) is 0 Å². The van der Waals surface area contributed by atoms with E-state index in [2.05, 4.69) is 20.8 Å². The Hall–Kier alpha value is -1.89. The van der Waals surface area contributed by atoms with Crippen molar-refractivity contribution in [3.05, 3.63) is 58.0 Å². The average molecular weight is 450 g/mol. The van der Waals surface area contributed by atoms with E-state index in [4.69, 9.17) is 11.6 Å². The minimum absolute atomic E-state index is 0.0898. The van der Waals surface area contributed by atoms with Crippen molar-refractivity contribution >= 4 is 50.7 Å². The number of piperazine rings is 1. The van der Waals surface area contributed by atoms with Gasteiger partial charge in [0, 0.05) is 15.2 Å². The topological polar surface area (TPSA) is 45.1 Å². The Morgan fingerprint density at radius 2 is 1.70 bits per heavy atom. The lowest BCUT2D eigenvalue weighted by Gasteiger charge is -2.35. The molecule has 0 saturated carbocycles. The van der Waals surface area contributed by atoms with E-state index in [0.717, 1.165) is 41.4 Å². The fourth-order valence-electron chi connectivity index (χ4n) is 3.89. The molecule has 0 aliphatic carbocycles. The van der Waals surface area contributed by atoms with Crippen LogP contribution in [0, 0.1) is 0 Å². The predicted octanol–water partition coefficient (Wildman–Crippen LogP) is 2.14. The fourth-order valence-corrected chi connectivity index (χ4v) is 4.40. The van der Waals surface area contributed by atoms with Gasteiger partial charge in [-0.2, -0.15) is 0 Å². The van der Waals surface area contributed by atoms with Crippen LogP contribution in [-0.4, -0.2) is 44.0 Å². The zero-order valence-corrected chi connectivity index (χ0v) is 17.0. The highest BCUT2D eigenvalue weighted by Gasteiger charge is 2.46. The van der Waals surface area contributed by atoms with Gasteiger partial charge >= 0.3 is 0 Å². The molecule has 27 heavy (non-hydrogen) atoms. The van der Waals surface area contributed by atoms with Gasteiger partial charge in [0.1, 0.15) is 0 Å². The standard InChI is InChI=1S/C20H19BrClN3O2/c21-14-2-1-3-17(12-14)25-19(26)13-18(20(25)27)24-10-8-23(9-11-24)16-6-4-15(22)5-7-16/h1-7,12,18H,8-11,13H2/p+1/t18-/m1/s1. The summed E-state index contributed by atoms with van der Waals surface area (Å²) in [4.78, 5) is 30.3. The second kappa shape index (κ2) is 7.62. The largest absolute Gasteiger partial charge is 0.360 e. The SMILES string of the molecule is O=C1C[C@@H]([NH+]2CCN(c3ccc(Cl)cc3)CC2)C(=O)N1c1cccc(Br)c1. The number of carbonyl (C=O) groups excluding carboxylic acids is 2. The Kier molecular flexibility index (Phi) is 5.21. The van der Waals surface area contributed by atoms with E-state index < -0.39 is 0 Å². The number of halogens is 2. The van der Waals surface area contributed by atoms with E-state index in [1.165, 1.54) is 9.80 Å². The van der Waals surface area contributed by atoms with Crippen LogP contribution in [0.5, 0.6) is 0 Å². The third-order valence-electron chi connectivity index (χ3n) is 5.30. The second-order valence-corrected chi connectivity index (χ2v) is 8.28. The van der Waals surface area contributed by atoms with E-state index in [-0.39, 0.29) is 24.3 Å². The maximum Gasteiger partial charge on any atom is 0.292 e. The highest BCUT2D eigenvalue weighted by atomic mass is 79.9. The number of hydrogen-bond donors (Lipinski definition) is 1. The Bertz CT molecular complexity index is 866. The lowest BCUT2D eigenvalue weighted by molar-refractivity contribution is -0.915. The summed E-state index contributed by atoms with van der Waals surface area (Å²) in [5.41, 5.74) is 1.78. The third kappa shape index (κ3) is 3.74. The Morgan fingerprint density at radius 1 is 1.00 bits per heavy atom. The van der Waals surface area contributed by atoms with E-state index in [1.807, 2.05) is 42.5 Å². The van der Waals surface area contributed by atoms with Gasteiger partial charge in [-0.15, -0.1) is 0 Å². The lowest BCUT2D eigenvalue weighted by atomic mass is 10.1. The summed E-state index contributed by atoms with van der Waals surface area (Å²) >= 11 is 9.37. The Balaban J connectivity index is 1.44. The van der Waals surface area contributed by atoms with Gasteiger partial charge in [-0.3, -0.25) is 9.59 Å². The molecule has 0 radical (unpaired) electrons. The molecule has 4 rings (SSSR count).